The number of aryl methyl sites for hydroxylation is 1. The van der Waals surface area contributed by atoms with E-state index in [1.807, 2.05) is 13.0 Å². The van der Waals surface area contributed by atoms with Gasteiger partial charge in [-0.15, -0.1) is 0 Å². The molecule has 0 saturated heterocycles. The third kappa shape index (κ3) is 3.15. The van der Waals surface area contributed by atoms with Crippen LogP contribution in [-0.4, -0.2) is 10.0 Å². The summed E-state index contributed by atoms with van der Waals surface area (Å²) < 4.78 is 6.52. The second-order valence-electron chi connectivity index (χ2n) is 4.23. The van der Waals surface area contributed by atoms with Crippen molar-refractivity contribution in [1.82, 2.24) is 0 Å². The quantitative estimate of drug-likeness (QED) is 0.677. The third-order valence-corrected chi connectivity index (χ3v) is 3.25. The summed E-state index contributed by atoms with van der Waals surface area (Å²) in [6.07, 6.45) is 0. The number of hydrogen-bond acceptors (Lipinski definition) is 4. The van der Waals surface area contributed by atoms with E-state index in [0.29, 0.717) is 11.3 Å². The molecule has 2 aromatic carbocycles. The number of rotatable bonds is 4. The maximum absolute atomic E-state index is 11.1. The molecule has 0 atom stereocenters. The molecule has 0 bridgehead atoms. The molecule has 0 aromatic heterocycles. The van der Waals surface area contributed by atoms with E-state index in [2.05, 4.69) is 15.9 Å². The van der Waals surface area contributed by atoms with Gasteiger partial charge in [0.05, 0.1) is 11.5 Å². The van der Waals surface area contributed by atoms with Crippen molar-refractivity contribution in [3.8, 4) is 11.5 Å². The molecule has 5 nitrogen and oxygen atoms in total. The van der Waals surface area contributed by atoms with E-state index in [0.717, 1.165) is 10.0 Å². The lowest BCUT2D eigenvalue weighted by Crippen LogP contribution is -1.96. The summed E-state index contributed by atoms with van der Waals surface area (Å²) in [6, 6.07) is 9.80. The highest BCUT2D eigenvalue weighted by molar-refractivity contribution is 9.10. The SMILES string of the molecule is Cc1cc(Br)ccc1Oc1ccc(CO)cc1[N+](=O)[O-]. The van der Waals surface area contributed by atoms with Crippen LogP contribution in [0.25, 0.3) is 0 Å². The minimum Gasteiger partial charge on any atom is -0.450 e. The van der Waals surface area contributed by atoms with Gasteiger partial charge in [0.2, 0.25) is 5.75 Å². The molecule has 0 aliphatic carbocycles. The molecule has 2 rings (SSSR count). The summed E-state index contributed by atoms with van der Waals surface area (Å²) in [5.41, 5.74) is 1.16. The molecule has 0 amide bonds. The van der Waals surface area contributed by atoms with E-state index in [1.165, 1.54) is 12.1 Å². The average Bonchev–Trinajstić information content (AvgIpc) is 2.42. The van der Waals surface area contributed by atoms with Gasteiger partial charge >= 0.3 is 5.69 Å². The fourth-order valence-corrected chi connectivity index (χ4v) is 2.21. The van der Waals surface area contributed by atoms with Gasteiger partial charge in [-0.2, -0.15) is 0 Å². The van der Waals surface area contributed by atoms with Crippen LogP contribution in [0.3, 0.4) is 0 Å². The number of aliphatic hydroxyl groups is 1. The number of ether oxygens (including phenoxy) is 1. The Morgan fingerprint density at radius 1 is 1.25 bits per heavy atom. The average molecular weight is 338 g/mol. The van der Waals surface area contributed by atoms with E-state index >= 15 is 0 Å². The van der Waals surface area contributed by atoms with Crippen molar-refractivity contribution >= 4 is 21.6 Å². The van der Waals surface area contributed by atoms with E-state index < -0.39 is 4.92 Å². The molecule has 6 heteroatoms. The maximum Gasteiger partial charge on any atom is 0.311 e. The zero-order valence-corrected chi connectivity index (χ0v) is 12.3. The predicted molar refractivity (Wildman–Crippen MR) is 78.0 cm³/mol. The van der Waals surface area contributed by atoms with E-state index in [9.17, 15) is 10.1 Å². The van der Waals surface area contributed by atoms with Crippen molar-refractivity contribution in [1.29, 1.82) is 0 Å². The molecule has 20 heavy (non-hydrogen) atoms. The van der Waals surface area contributed by atoms with Gasteiger partial charge in [0.1, 0.15) is 5.75 Å². The number of nitro groups is 1. The van der Waals surface area contributed by atoms with Gasteiger partial charge in [-0.3, -0.25) is 10.1 Å². The van der Waals surface area contributed by atoms with Crippen LogP contribution in [0.15, 0.2) is 40.9 Å². The Labute approximate surface area is 124 Å². The van der Waals surface area contributed by atoms with Crippen LogP contribution >= 0.6 is 15.9 Å². The van der Waals surface area contributed by atoms with E-state index in [1.54, 1.807) is 18.2 Å². The van der Waals surface area contributed by atoms with Crippen molar-refractivity contribution in [3.63, 3.8) is 0 Å². The molecule has 1 N–H and O–H groups in total. The van der Waals surface area contributed by atoms with Crippen molar-refractivity contribution in [2.75, 3.05) is 0 Å². The largest absolute Gasteiger partial charge is 0.450 e. The fourth-order valence-electron chi connectivity index (χ4n) is 1.74. The van der Waals surface area contributed by atoms with Crippen molar-refractivity contribution in [2.45, 2.75) is 13.5 Å². The zero-order valence-electron chi connectivity index (χ0n) is 10.7. The number of benzene rings is 2. The summed E-state index contributed by atoms with van der Waals surface area (Å²) in [7, 11) is 0. The highest BCUT2D eigenvalue weighted by atomic mass is 79.9. The van der Waals surface area contributed by atoms with Gasteiger partial charge in [0, 0.05) is 10.5 Å². The number of nitrogens with zero attached hydrogens (tertiary/aromatic N) is 1. The molecule has 0 unspecified atom stereocenters. The molecule has 0 fully saturated rings. The first-order chi connectivity index (χ1) is 9.51. The third-order valence-electron chi connectivity index (χ3n) is 2.76. The minimum atomic E-state index is -0.525. The van der Waals surface area contributed by atoms with Gasteiger partial charge < -0.3 is 9.84 Å². The van der Waals surface area contributed by atoms with Crippen LogP contribution in [-0.2, 0) is 6.61 Å². The Morgan fingerprint density at radius 2 is 1.95 bits per heavy atom. The lowest BCUT2D eigenvalue weighted by Gasteiger charge is -2.10. The first kappa shape index (κ1) is 14.5. The lowest BCUT2D eigenvalue weighted by atomic mass is 10.2. The van der Waals surface area contributed by atoms with Crippen LogP contribution in [0.4, 0.5) is 5.69 Å². The highest BCUT2D eigenvalue weighted by Crippen LogP contribution is 2.34. The van der Waals surface area contributed by atoms with Crippen LogP contribution < -0.4 is 4.74 Å². The topological polar surface area (TPSA) is 72.6 Å². The molecule has 0 heterocycles. The molecular formula is C14H12BrNO4. The maximum atomic E-state index is 11.1. The molecule has 0 saturated carbocycles. The van der Waals surface area contributed by atoms with Crippen LogP contribution in [0, 0.1) is 17.0 Å². The van der Waals surface area contributed by atoms with Crippen LogP contribution in [0.5, 0.6) is 11.5 Å². The summed E-state index contributed by atoms with van der Waals surface area (Å²) in [6.45, 7) is 1.60. The lowest BCUT2D eigenvalue weighted by molar-refractivity contribution is -0.385. The molecule has 0 aliphatic heterocycles. The standard InChI is InChI=1S/C14H12BrNO4/c1-9-6-11(15)3-5-13(9)20-14-4-2-10(8-17)7-12(14)16(18)19/h2-7,17H,8H2,1H3. The van der Waals surface area contributed by atoms with E-state index in [4.69, 9.17) is 9.84 Å². The Morgan fingerprint density at radius 3 is 2.55 bits per heavy atom. The van der Waals surface area contributed by atoms with Gasteiger partial charge in [0.25, 0.3) is 0 Å². The first-order valence-electron chi connectivity index (χ1n) is 5.83. The van der Waals surface area contributed by atoms with Crippen LogP contribution in [0.2, 0.25) is 0 Å². The molecular weight excluding hydrogens is 326 g/mol. The van der Waals surface area contributed by atoms with E-state index in [-0.39, 0.29) is 18.0 Å². The Balaban J connectivity index is 2.40. The van der Waals surface area contributed by atoms with Gasteiger partial charge in [-0.05, 0) is 42.3 Å². The summed E-state index contributed by atoms with van der Waals surface area (Å²) in [4.78, 5) is 10.5. The van der Waals surface area contributed by atoms with Crippen LogP contribution in [0.1, 0.15) is 11.1 Å². The predicted octanol–water partition coefficient (Wildman–Crippen LogP) is 3.95. The minimum absolute atomic E-state index is 0.151. The van der Waals surface area contributed by atoms with Crippen molar-refractivity contribution in [3.05, 3.63) is 62.1 Å². The second kappa shape index (κ2) is 6.02. The second-order valence-corrected chi connectivity index (χ2v) is 5.14. The molecule has 0 aliphatic rings. The highest BCUT2D eigenvalue weighted by Gasteiger charge is 2.17. The van der Waals surface area contributed by atoms with Gasteiger partial charge in [-0.1, -0.05) is 22.0 Å². The van der Waals surface area contributed by atoms with Crippen molar-refractivity contribution in [2.24, 2.45) is 0 Å². The fraction of sp³-hybridized carbons (Fsp3) is 0.143. The number of aliphatic hydroxyl groups excluding tert-OH is 1. The van der Waals surface area contributed by atoms with Crippen molar-refractivity contribution < 1.29 is 14.8 Å². The summed E-state index contributed by atoms with van der Waals surface area (Å²) in [5.74, 6) is 0.700. The summed E-state index contributed by atoms with van der Waals surface area (Å²) >= 11 is 3.35. The summed E-state index contributed by atoms with van der Waals surface area (Å²) in [5, 5.41) is 20.1. The number of halogens is 1. The molecule has 0 spiro atoms. The molecule has 2 aromatic rings. The number of nitro benzene ring substituents is 1. The van der Waals surface area contributed by atoms with Gasteiger partial charge in [0.15, 0.2) is 0 Å². The monoisotopic (exact) mass is 337 g/mol. The first-order valence-corrected chi connectivity index (χ1v) is 6.62. The van der Waals surface area contributed by atoms with Gasteiger partial charge in [-0.25, -0.2) is 0 Å². The molecule has 0 radical (unpaired) electrons. The number of hydrogen-bond donors (Lipinski definition) is 1. The Hall–Kier alpha value is -1.92. The zero-order chi connectivity index (χ0) is 14.7. The Bertz CT molecular complexity index is 658. The Kier molecular flexibility index (Phi) is 4.36. The molecule has 104 valence electrons. The normalized spacial score (nSPS) is 10.3. The smallest absolute Gasteiger partial charge is 0.311 e.